The van der Waals surface area contributed by atoms with Gasteiger partial charge in [-0.05, 0) is 71.7 Å². The molecule has 1 aromatic heterocycles. The number of carbonyl (C=O) groups is 2. The number of anilines is 1. The van der Waals surface area contributed by atoms with Crippen molar-refractivity contribution in [3.8, 4) is 6.07 Å². The van der Waals surface area contributed by atoms with Crippen molar-refractivity contribution >= 4 is 40.1 Å². The fourth-order valence-corrected chi connectivity index (χ4v) is 4.99. The Morgan fingerprint density at radius 1 is 1.00 bits per heavy atom. The van der Waals surface area contributed by atoms with Crippen molar-refractivity contribution in [2.24, 2.45) is 0 Å². The van der Waals surface area contributed by atoms with E-state index >= 15 is 0 Å². The molecule has 0 saturated heterocycles. The topological polar surface area (TPSA) is 92.1 Å². The lowest BCUT2D eigenvalue weighted by atomic mass is 9.86. The Bertz CT molecular complexity index is 1690. The van der Waals surface area contributed by atoms with Crippen LogP contribution in [0.5, 0.6) is 0 Å². The molecule has 1 N–H and O–H groups in total. The van der Waals surface area contributed by atoms with Gasteiger partial charge in [-0.15, -0.1) is 0 Å². The first-order chi connectivity index (χ1) is 19.2. The molecule has 3 aromatic carbocycles. The normalized spacial score (nSPS) is 14.4. The molecule has 6 nitrogen and oxygen atoms in total. The fraction of sp³-hybridized carbons (Fsp3) is 0.235. The van der Waals surface area contributed by atoms with Gasteiger partial charge in [0.2, 0.25) is 0 Å². The molecule has 0 fully saturated rings. The fourth-order valence-electron chi connectivity index (χ4n) is 4.99. The number of rotatable bonds is 5. The van der Waals surface area contributed by atoms with Crippen LogP contribution in [0.2, 0.25) is 0 Å². The molecule has 200 valence electrons. The van der Waals surface area contributed by atoms with Crippen molar-refractivity contribution in [2.45, 2.75) is 52.1 Å². The molecule has 40 heavy (non-hydrogen) atoms. The predicted octanol–water partition coefficient (Wildman–Crippen LogP) is 7.07. The maximum Gasteiger partial charge on any atom is 0.339 e. The Hall–Kier alpha value is -4.76. The summed E-state index contributed by atoms with van der Waals surface area (Å²) in [7, 11) is 0. The van der Waals surface area contributed by atoms with Crippen molar-refractivity contribution in [1.29, 1.82) is 5.26 Å². The van der Waals surface area contributed by atoms with Crippen LogP contribution in [0.25, 0.3) is 22.6 Å². The first-order valence-corrected chi connectivity index (χ1v) is 13.4. The third-order valence-corrected chi connectivity index (χ3v) is 7.22. The second kappa shape index (κ2) is 10.8. The van der Waals surface area contributed by atoms with E-state index in [1.54, 1.807) is 24.3 Å². The van der Waals surface area contributed by atoms with E-state index in [2.05, 4.69) is 62.5 Å². The maximum absolute atomic E-state index is 13.6. The third kappa shape index (κ3) is 5.37. The lowest BCUT2D eigenvalue weighted by molar-refractivity contribution is -0.123. The molecule has 5 rings (SSSR count). The number of hydrogen-bond donors (Lipinski definition) is 1. The number of carbonyl (C=O) groups excluding carboxylic acids is 2. The quantitative estimate of drug-likeness (QED) is 0.279. The van der Waals surface area contributed by atoms with Gasteiger partial charge in [-0.25, -0.2) is 9.78 Å². The highest BCUT2D eigenvalue weighted by Crippen LogP contribution is 2.38. The van der Waals surface area contributed by atoms with Gasteiger partial charge < -0.3 is 10.1 Å². The number of esters is 1. The van der Waals surface area contributed by atoms with Crippen molar-refractivity contribution < 1.29 is 14.3 Å². The van der Waals surface area contributed by atoms with Gasteiger partial charge in [-0.1, -0.05) is 75.4 Å². The van der Waals surface area contributed by atoms with Gasteiger partial charge in [0.25, 0.3) is 5.91 Å². The molecule has 1 aliphatic rings. The molecule has 1 amide bonds. The lowest BCUT2D eigenvalue weighted by Crippen LogP contribution is -2.30. The summed E-state index contributed by atoms with van der Waals surface area (Å²) < 4.78 is 5.69. The molecule has 1 aliphatic carbocycles. The zero-order valence-electron chi connectivity index (χ0n) is 23.1. The van der Waals surface area contributed by atoms with Crippen LogP contribution >= 0.6 is 0 Å². The number of fused-ring (bicyclic) bond motifs is 2. The molecule has 0 unspecified atom stereocenters. The van der Waals surface area contributed by atoms with Crippen LogP contribution in [0.1, 0.15) is 72.4 Å². The average molecular weight is 530 g/mol. The number of nitrogens with zero attached hydrogens (tertiary/aromatic N) is 2. The van der Waals surface area contributed by atoms with E-state index in [1.807, 2.05) is 24.3 Å². The number of allylic oxidation sites excluding steroid dienone is 1. The number of pyridine rings is 1. The molecule has 0 spiro atoms. The van der Waals surface area contributed by atoms with E-state index < -0.39 is 18.0 Å². The molecule has 4 aromatic rings. The number of amides is 1. The van der Waals surface area contributed by atoms with Crippen LogP contribution in [-0.2, 0) is 21.4 Å². The minimum Gasteiger partial charge on any atom is -0.449 e. The number of nitrogens with one attached hydrogen (secondary N) is 1. The SMILES string of the molecule is C[C@H](OC(=O)c1c2c(nc3ccccc13)/C(=C\c1ccc(C(C)(C)C)cc1)CC2)C(=O)Nc1ccccc1C#N. The minimum absolute atomic E-state index is 0.0779. The van der Waals surface area contributed by atoms with Crippen LogP contribution in [0.15, 0.2) is 72.8 Å². The molecule has 1 atom stereocenters. The first-order valence-electron chi connectivity index (χ1n) is 13.4. The summed E-state index contributed by atoms with van der Waals surface area (Å²) in [5, 5.41) is 12.7. The maximum atomic E-state index is 13.6. The van der Waals surface area contributed by atoms with E-state index in [1.165, 1.54) is 12.5 Å². The van der Waals surface area contributed by atoms with Gasteiger partial charge in [0.05, 0.1) is 28.0 Å². The molecule has 6 heteroatoms. The van der Waals surface area contributed by atoms with Crippen molar-refractivity contribution in [2.75, 3.05) is 5.32 Å². The largest absolute Gasteiger partial charge is 0.449 e. The minimum atomic E-state index is -1.07. The molecule has 0 radical (unpaired) electrons. The van der Waals surface area contributed by atoms with Crippen LogP contribution in [0, 0.1) is 11.3 Å². The summed E-state index contributed by atoms with van der Waals surface area (Å²) in [6.45, 7) is 8.11. The van der Waals surface area contributed by atoms with Gasteiger partial charge in [-0.3, -0.25) is 4.79 Å². The Morgan fingerprint density at radius 3 is 2.42 bits per heavy atom. The van der Waals surface area contributed by atoms with Crippen LogP contribution in [0.3, 0.4) is 0 Å². The molecule has 0 bridgehead atoms. The summed E-state index contributed by atoms with van der Waals surface area (Å²) >= 11 is 0. The van der Waals surface area contributed by atoms with Crippen LogP contribution in [0.4, 0.5) is 5.69 Å². The number of ether oxygens (including phenoxy) is 1. The zero-order chi connectivity index (χ0) is 28.4. The summed E-state index contributed by atoms with van der Waals surface area (Å²) in [5.41, 5.74) is 6.98. The van der Waals surface area contributed by atoms with Gasteiger partial charge in [0.15, 0.2) is 6.10 Å². The van der Waals surface area contributed by atoms with E-state index in [0.717, 1.165) is 28.8 Å². The Morgan fingerprint density at radius 2 is 1.70 bits per heavy atom. The van der Waals surface area contributed by atoms with E-state index in [-0.39, 0.29) is 5.41 Å². The van der Waals surface area contributed by atoms with E-state index in [0.29, 0.717) is 34.1 Å². The van der Waals surface area contributed by atoms with E-state index in [9.17, 15) is 14.9 Å². The summed E-state index contributed by atoms with van der Waals surface area (Å²) in [5.74, 6) is -1.08. The summed E-state index contributed by atoms with van der Waals surface area (Å²) in [6.07, 6.45) is 2.47. The van der Waals surface area contributed by atoms with Gasteiger partial charge in [0.1, 0.15) is 6.07 Å². The molecular formula is C34H31N3O3. The highest BCUT2D eigenvalue weighted by atomic mass is 16.5. The van der Waals surface area contributed by atoms with Gasteiger partial charge in [0, 0.05) is 5.39 Å². The monoisotopic (exact) mass is 529 g/mol. The van der Waals surface area contributed by atoms with Crippen molar-refractivity contribution in [3.05, 3.63) is 106 Å². The predicted molar refractivity (Wildman–Crippen MR) is 158 cm³/mol. The molecule has 0 aliphatic heterocycles. The lowest BCUT2D eigenvalue weighted by Gasteiger charge is -2.18. The standard InChI is InChI=1S/C34H31N3O3/c1-21(32(38)37-28-11-7-5-9-24(28)20-35)40-33(39)30-26-10-6-8-12-29(26)36-31-23(15-18-27(30)31)19-22-13-16-25(17-14-22)34(2,3)4/h5-14,16-17,19,21H,15,18H2,1-4H3,(H,37,38)/b23-19-/t21-/m0/s1. The number of benzene rings is 3. The number of para-hydroxylation sites is 2. The third-order valence-electron chi connectivity index (χ3n) is 7.22. The van der Waals surface area contributed by atoms with Crippen molar-refractivity contribution in [3.63, 3.8) is 0 Å². The smallest absolute Gasteiger partial charge is 0.339 e. The number of hydrogen-bond acceptors (Lipinski definition) is 5. The molecule has 0 saturated carbocycles. The van der Waals surface area contributed by atoms with Crippen molar-refractivity contribution in [1.82, 2.24) is 4.98 Å². The average Bonchev–Trinajstić information content (AvgIpc) is 3.33. The first kappa shape index (κ1) is 26.8. The zero-order valence-corrected chi connectivity index (χ0v) is 23.1. The number of nitriles is 1. The highest BCUT2D eigenvalue weighted by Gasteiger charge is 2.29. The van der Waals surface area contributed by atoms with Gasteiger partial charge in [-0.2, -0.15) is 5.26 Å². The van der Waals surface area contributed by atoms with Crippen LogP contribution in [-0.4, -0.2) is 23.0 Å². The van der Waals surface area contributed by atoms with Crippen LogP contribution < -0.4 is 5.32 Å². The Balaban J connectivity index is 1.45. The Labute approximate surface area is 234 Å². The summed E-state index contributed by atoms with van der Waals surface area (Å²) in [4.78, 5) is 31.4. The Kier molecular flexibility index (Phi) is 7.23. The molecular weight excluding hydrogens is 498 g/mol. The van der Waals surface area contributed by atoms with Gasteiger partial charge >= 0.3 is 5.97 Å². The van der Waals surface area contributed by atoms with E-state index in [4.69, 9.17) is 9.72 Å². The summed E-state index contributed by atoms with van der Waals surface area (Å²) in [6, 6.07) is 24.8. The number of aromatic nitrogens is 1. The second-order valence-corrected chi connectivity index (χ2v) is 11.1. The highest BCUT2D eigenvalue weighted by molar-refractivity contribution is 6.08. The second-order valence-electron chi connectivity index (χ2n) is 11.1. The molecule has 1 heterocycles.